The van der Waals surface area contributed by atoms with Crippen LogP contribution in [-0.2, 0) is 9.59 Å². The number of carboxylic acid groups (broad SMARTS) is 1. The first-order valence-electron chi connectivity index (χ1n) is 7.42. The molecule has 18 heavy (non-hydrogen) atoms. The van der Waals surface area contributed by atoms with Gasteiger partial charge >= 0.3 is 5.97 Å². The fourth-order valence-corrected chi connectivity index (χ4v) is 2.67. The van der Waals surface area contributed by atoms with Crippen molar-refractivity contribution in [1.82, 2.24) is 0 Å². The van der Waals surface area contributed by atoms with Crippen LogP contribution >= 0.6 is 0 Å². The lowest BCUT2D eigenvalue weighted by atomic mass is 9.73. The van der Waals surface area contributed by atoms with Crippen LogP contribution in [0.25, 0.3) is 0 Å². The molecule has 3 heteroatoms. The molecule has 0 saturated heterocycles. The minimum atomic E-state index is -0.779. The third kappa shape index (κ3) is 4.79. The predicted octanol–water partition coefficient (Wildman–Crippen LogP) is 3.81. The van der Waals surface area contributed by atoms with Crippen molar-refractivity contribution in [3.63, 3.8) is 0 Å². The topological polar surface area (TPSA) is 54.4 Å². The summed E-state index contributed by atoms with van der Waals surface area (Å²) in [7, 11) is 0. The fourth-order valence-electron chi connectivity index (χ4n) is 2.67. The smallest absolute Gasteiger partial charge is 0.307 e. The van der Waals surface area contributed by atoms with Crippen molar-refractivity contribution in [3.8, 4) is 0 Å². The van der Waals surface area contributed by atoms with Gasteiger partial charge in [-0.2, -0.15) is 0 Å². The Hall–Kier alpha value is -0.860. The maximum Gasteiger partial charge on any atom is 0.307 e. The summed E-state index contributed by atoms with van der Waals surface area (Å²) in [5.41, 5.74) is 0. The first-order valence-corrected chi connectivity index (χ1v) is 7.42. The molecule has 0 aliphatic heterocycles. The molecule has 3 nitrogen and oxygen atoms in total. The molecule has 0 heterocycles. The minimum absolute atomic E-state index is 0.158. The van der Waals surface area contributed by atoms with Gasteiger partial charge in [-0.15, -0.1) is 0 Å². The Morgan fingerprint density at radius 1 is 1.22 bits per heavy atom. The molecule has 0 unspecified atom stereocenters. The summed E-state index contributed by atoms with van der Waals surface area (Å²) in [6, 6.07) is 0. The highest BCUT2D eigenvalue weighted by Crippen LogP contribution is 2.33. The highest BCUT2D eigenvalue weighted by molar-refractivity contribution is 5.90. The molecule has 1 saturated carbocycles. The Kier molecular flexibility index (Phi) is 6.99. The van der Waals surface area contributed by atoms with Gasteiger partial charge in [0.05, 0.1) is 5.92 Å². The van der Waals surface area contributed by atoms with Gasteiger partial charge in [-0.1, -0.05) is 51.9 Å². The molecule has 1 aliphatic rings. The second-order valence-corrected chi connectivity index (χ2v) is 5.47. The highest BCUT2D eigenvalue weighted by atomic mass is 16.4. The van der Waals surface area contributed by atoms with Gasteiger partial charge in [-0.05, 0) is 12.8 Å². The molecule has 2 atom stereocenters. The van der Waals surface area contributed by atoms with Gasteiger partial charge in [0.1, 0.15) is 5.78 Å². The second-order valence-electron chi connectivity index (χ2n) is 5.47. The van der Waals surface area contributed by atoms with Crippen LogP contribution in [0.3, 0.4) is 0 Å². The maximum atomic E-state index is 11.3. The predicted molar refractivity (Wildman–Crippen MR) is 71.5 cm³/mol. The summed E-state index contributed by atoms with van der Waals surface area (Å²) in [5.74, 6) is -1.21. The van der Waals surface area contributed by atoms with Crippen LogP contribution in [0.2, 0.25) is 0 Å². The van der Waals surface area contributed by atoms with Crippen LogP contribution < -0.4 is 0 Å². The number of Topliss-reactive ketones (excluding diaryl/α,β-unsaturated/α-hetero) is 1. The third-order valence-electron chi connectivity index (χ3n) is 4.04. The summed E-state index contributed by atoms with van der Waals surface area (Å²) in [5, 5.41) is 9.15. The van der Waals surface area contributed by atoms with Gasteiger partial charge in [-0.25, -0.2) is 0 Å². The summed E-state index contributed by atoms with van der Waals surface area (Å²) < 4.78 is 0. The average molecular weight is 254 g/mol. The van der Waals surface area contributed by atoms with Crippen LogP contribution in [0.1, 0.15) is 71.1 Å². The van der Waals surface area contributed by atoms with E-state index in [1.165, 1.54) is 32.1 Å². The number of unbranched alkanes of at least 4 members (excludes halogenated alkanes) is 6. The molecule has 1 N–H and O–H groups in total. The number of rotatable bonds is 10. The molecule has 0 aromatic carbocycles. The van der Waals surface area contributed by atoms with Crippen molar-refractivity contribution in [2.24, 2.45) is 11.8 Å². The first kappa shape index (κ1) is 15.2. The van der Waals surface area contributed by atoms with Crippen LogP contribution in [0, 0.1) is 11.8 Å². The molecule has 1 fully saturated rings. The van der Waals surface area contributed by atoms with E-state index in [1.807, 2.05) is 0 Å². The van der Waals surface area contributed by atoms with Crippen LogP contribution in [0.4, 0.5) is 0 Å². The quantitative estimate of drug-likeness (QED) is 0.603. The van der Waals surface area contributed by atoms with Crippen molar-refractivity contribution < 1.29 is 14.7 Å². The lowest BCUT2D eigenvalue weighted by Gasteiger charge is -2.29. The Morgan fingerprint density at radius 3 is 2.28 bits per heavy atom. The molecule has 0 amide bonds. The maximum absolute atomic E-state index is 11.3. The van der Waals surface area contributed by atoms with E-state index >= 15 is 0 Å². The highest BCUT2D eigenvalue weighted by Gasteiger charge is 2.38. The van der Waals surface area contributed by atoms with E-state index in [0.717, 1.165) is 19.3 Å². The number of ketones is 1. The third-order valence-corrected chi connectivity index (χ3v) is 4.04. The molecule has 1 aliphatic carbocycles. The number of carbonyl (C=O) groups excluding carboxylic acids is 1. The van der Waals surface area contributed by atoms with Gasteiger partial charge in [0.2, 0.25) is 0 Å². The van der Waals surface area contributed by atoms with E-state index in [4.69, 9.17) is 5.11 Å². The zero-order valence-electron chi connectivity index (χ0n) is 11.5. The molecule has 0 radical (unpaired) electrons. The molecule has 0 aromatic heterocycles. The number of aliphatic carboxylic acids is 1. The van der Waals surface area contributed by atoms with E-state index in [9.17, 15) is 9.59 Å². The van der Waals surface area contributed by atoms with Gasteiger partial charge in [0.25, 0.3) is 0 Å². The Labute approximate surface area is 110 Å². The molecule has 104 valence electrons. The van der Waals surface area contributed by atoms with E-state index in [2.05, 4.69) is 6.92 Å². The zero-order valence-corrected chi connectivity index (χ0v) is 11.5. The molecule has 0 spiro atoms. The number of hydrogen-bond donors (Lipinski definition) is 1. The van der Waals surface area contributed by atoms with Crippen molar-refractivity contribution in [3.05, 3.63) is 0 Å². The average Bonchev–Trinajstić information content (AvgIpc) is 2.34. The Balaban J connectivity index is 2.11. The van der Waals surface area contributed by atoms with E-state index in [0.29, 0.717) is 12.8 Å². The van der Waals surface area contributed by atoms with Crippen molar-refractivity contribution in [2.75, 3.05) is 0 Å². The summed E-state index contributed by atoms with van der Waals surface area (Å²) >= 11 is 0. The second kappa shape index (κ2) is 8.28. The van der Waals surface area contributed by atoms with Gasteiger partial charge in [0.15, 0.2) is 0 Å². The van der Waals surface area contributed by atoms with Crippen LogP contribution in [0.15, 0.2) is 0 Å². The van der Waals surface area contributed by atoms with Crippen molar-refractivity contribution in [1.29, 1.82) is 0 Å². The summed E-state index contributed by atoms with van der Waals surface area (Å²) in [4.78, 5) is 22.5. The SMILES string of the molecule is CCCCCCCCC[C@@H](C(=O)O)[C@H]1CCC1=O. The van der Waals surface area contributed by atoms with Crippen LogP contribution in [0.5, 0.6) is 0 Å². The Morgan fingerprint density at radius 2 is 1.83 bits per heavy atom. The normalized spacial score (nSPS) is 20.5. The monoisotopic (exact) mass is 254 g/mol. The largest absolute Gasteiger partial charge is 0.481 e. The van der Waals surface area contributed by atoms with Gasteiger partial charge < -0.3 is 5.11 Å². The number of hydrogen-bond acceptors (Lipinski definition) is 2. The van der Waals surface area contributed by atoms with E-state index < -0.39 is 11.9 Å². The standard InChI is InChI=1S/C15H26O3/c1-2-3-4-5-6-7-8-9-13(15(17)18)12-10-11-14(12)16/h12-13H,2-11H2,1H3,(H,17,18)/t12-,13-/m1/s1. The number of carboxylic acids is 1. The van der Waals surface area contributed by atoms with Crippen molar-refractivity contribution >= 4 is 11.8 Å². The van der Waals surface area contributed by atoms with E-state index in [1.54, 1.807) is 0 Å². The van der Waals surface area contributed by atoms with Crippen LogP contribution in [-0.4, -0.2) is 16.9 Å². The minimum Gasteiger partial charge on any atom is -0.481 e. The number of carbonyl (C=O) groups is 2. The summed E-state index contributed by atoms with van der Waals surface area (Å²) in [6.45, 7) is 2.20. The van der Waals surface area contributed by atoms with Gasteiger partial charge in [0, 0.05) is 12.3 Å². The molecular weight excluding hydrogens is 228 g/mol. The Bertz CT molecular complexity index is 273. The lowest BCUT2D eigenvalue weighted by Crippen LogP contribution is -2.36. The fraction of sp³-hybridized carbons (Fsp3) is 0.867. The van der Waals surface area contributed by atoms with Crippen molar-refractivity contribution in [2.45, 2.75) is 71.1 Å². The first-order chi connectivity index (χ1) is 8.66. The summed E-state index contributed by atoms with van der Waals surface area (Å²) in [6.07, 6.45) is 10.4. The van der Waals surface area contributed by atoms with E-state index in [-0.39, 0.29) is 11.7 Å². The molecule has 0 aromatic rings. The van der Waals surface area contributed by atoms with Gasteiger partial charge in [-0.3, -0.25) is 9.59 Å². The zero-order chi connectivity index (χ0) is 13.4. The lowest BCUT2D eigenvalue weighted by molar-refractivity contribution is -0.150. The molecule has 1 rings (SSSR count). The molecular formula is C15H26O3. The molecule has 0 bridgehead atoms.